The van der Waals surface area contributed by atoms with Crippen LogP contribution in [-0.4, -0.2) is 30.2 Å². The quantitative estimate of drug-likeness (QED) is 0.887. The molecule has 0 aliphatic carbocycles. The molecule has 0 saturated carbocycles. The lowest BCUT2D eigenvalue weighted by atomic mass is 10.0. The summed E-state index contributed by atoms with van der Waals surface area (Å²) in [6, 6.07) is 14.0. The SMILES string of the molecule is c1ccc(-c2ccncc2N2C[C@@H]3C[C@H]2CN3)cc1. The molecule has 3 heterocycles. The van der Waals surface area contributed by atoms with E-state index in [0.717, 1.165) is 13.1 Å². The highest BCUT2D eigenvalue weighted by molar-refractivity contribution is 5.78. The lowest BCUT2D eigenvalue weighted by Gasteiger charge is -2.31. The van der Waals surface area contributed by atoms with Gasteiger partial charge in [0, 0.05) is 36.9 Å². The molecule has 2 saturated heterocycles. The van der Waals surface area contributed by atoms with Crippen LogP contribution in [-0.2, 0) is 0 Å². The normalized spacial score (nSPS) is 24.9. The Morgan fingerprint density at radius 2 is 2.05 bits per heavy atom. The first-order valence-corrected chi connectivity index (χ1v) is 6.91. The molecule has 3 nitrogen and oxygen atoms in total. The van der Waals surface area contributed by atoms with E-state index in [0.29, 0.717) is 12.1 Å². The lowest BCUT2D eigenvalue weighted by molar-refractivity contribution is 0.580. The van der Waals surface area contributed by atoms with Crippen LogP contribution in [0.2, 0.25) is 0 Å². The molecule has 2 aromatic rings. The van der Waals surface area contributed by atoms with Crippen molar-refractivity contribution in [3.8, 4) is 11.1 Å². The highest BCUT2D eigenvalue weighted by Gasteiger charge is 2.38. The van der Waals surface area contributed by atoms with Crippen molar-refractivity contribution in [2.24, 2.45) is 0 Å². The molecule has 0 unspecified atom stereocenters. The number of piperazine rings is 1. The summed E-state index contributed by atoms with van der Waals surface area (Å²) in [5, 5.41) is 3.55. The highest BCUT2D eigenvalue weighted by atomic mass is 15.3. The molecule has 0 radical (unpaired) electrons. The minimum Gasteiger partial charge on any atom is -0.364 e. The van der Waals surface area contributed by atoms with Crippen molar-refractivity contribution >= 4 is 5.69 Å². The van der Waals surface area contributed by atoms with E-state index in [9.17, 15) is 0 Å². The summed E-state index contributed by atoms with van der Waals surface area (Å²) in [5.41, 5.74) is 3.85. The maximum Gasteiger partial charge on any atom is 0.0635 e. The fraction of sp³-hybridized carbons (Fsp3) is 0.312. The van der Waals surface area contributed by atoms with E-state index in [2.05, 4.69) is 51.6 Å². The topological polar surface area (TPSA) is 28.2 Å². The summed E-state index contributed by atoms with van der Waals surface area (Å²) in [4.78, 5) is 6.86. The van der Waals surface area contributed by atoms with Crippen LogP contribution in [0.1, 0.15) is 6.42 Å². The average Bonchev–Trinajstić information content (AvgIpc) is 3.11. The molecule has 4 rings (SSSR count). The second-order valence-electron chi connectivity index (χ2n) is 5.41. The number of nitrogens with one attached hydrogen (secondary N) is 1. The van der Waals surface area contributed by atoms with Crippen molar-refractivity contribution < 1.29 is 0 Å². The molecule has 2 aliphatic heterocycles. The minimum absolute atomic E-state index is 0.636. The van der Waals surface area contributed by atoms with E-state index < -0.39 is 0 Å². The van der Waals surface area contributed by atoms with Crippen molar-refractivity contribution in [3.63, 3.8) is 0 Å². The molecule has 2 bridgehead atoms. The number of hydrogen-bond acceptors (Lipinski definition) is 3. The molecule has 0 amide bonds. The van der Waals surface area contributed by atoms with Crippen LogP contribution in [0.5, 0.6) is 0 Å². The van der Waals surface area contributed by atoms with Gasteiger partial charge in [-0.15, -0.1) is 0 Å². The number of benzene rings is 1. The van der Waals surface area contributed by atoms with Gasteiger partial charge in [-0.1, -0.05) is 30.3 Å². The first-order chi connectivity index (χ1) is 9.42. The zero-order valence-electron chi connectivity index (χ0n) is 10.8. The Morgan fingerprint density at radius 1 is 1.16 bits per heavy atom. The second-order valence-corrected chi connectivity index (χ2v) is 5.41. The lowest BCUT2D eigenvalue weighted by Crippen LogP contribution is -2.43. The van der Waals surface area contributed by atoms with E-state index in [1.807, 2.05) is 12.4 Å². The predicted molar refractivity (Wildman–Crippen MR) is 77.2 cm³/mol. The Bertz CT molecular complexity index is 582. The maximum absolute atomic E-state index is 4.34. The van der Waals surface area contributed by atoms with Crippen LogP contribution < -0.4 is 10.2 Å². The molecular weight excluding hydrogens is 234 g/mol. The average molecular weight is 251 g/mol. The maximum atomic E-state index is 4.34. The molecule has 2 aliphatic rings. The molecule has 19 heavy (non-hydrogen) atoms. The Hall–Kier alpha value is -1.87. The van der Waals surface area contributed by atoms with Gasteiger partial charge in [-0.25, -0.2) is 0 Å². The number of pyridine rings is 1. The van der Waals surface area contributed by atoms with Crippen LogP contribution in [0.15, 0.2) is 48.8 Å². The third-order valence-corrected chi connectivity index (χ3v) is 4.25. The monoisotopic (exact) mass is 251 g/mol. The van der Waals surface area contributed by atoms with Crippen LogP contribution in [0.4, 0.5) is 5.69 Å². The summed E-state index contributed by atoms with van der Waals surface area (Å²) in [6.07, 6.45) is 5.17. The zero-order valence-corrected chi connectivity index (χ0v) is 10.8. The Labute approximate surface area is 113 Å². The van der Waals surface area contributed by atoms with E-state index >= 15 is 0 Å². The van der Waals surface area contributed by atoms with Gasteiger partial charge in [0.1, 0.15) is 0 Å². The van der Waals surface area contributed by atoms with Gasteiger partial charge in [-0.2, -0.15) is 0 Å². The van der Waals surface area contributed by atoms with Crippen molar-refractivity contribution in [2.45, 2.75) is 18.5 Å². The van der Waals surface area contributed by atoms with E-state index in [1.54, 1.807) is 0 Å². The van der Waals surface area contributed by atoms with Crippen LogP contribution in [0.25, 0.3) is 11.1 Å². The Morgan fingerprint density at radius 3 is 2.79 bits per heavy atom. The van der Waals surface area contributed by atoms with Crippen molar-refractivity contribution in [3.05, 3.63) is 48.8 Å². The van der Waals surface area contributed by atoms with E-state index in [4.69, 9.17) is 0 Å². The fourth-order valence-electron chi connectivity index (χ4n) is 3.33. The van der Waals surface area contributed by atoms with Gasteiger partial charge >= 0.3 is 0 Å². The predicted octanol–water partition coefficient (Wildman–Crippen LogP) is 2.30. The fourth-order valence-corrected chi connectivity index (χ4v) is 3.33. The summed E-state index contributed by atoms with van der Waals surface area (Å²) in [6.45, 7) is 2.21. The number of anilines is 1. The van der Waals surface area contributed by atoms with Gasteiger partial charge < -0.3 is 10.2 Å². The van der Waals surface area contributed by atoms with Crippen LogP contribution in [0.3, 0.4) is 0 Å². The zero-order chi connectivity index (χ0) is 12.7. The standard InChI is InChI=1S/C16H17N3/c1-2-4-12(5-3-1)15-6-7-17-10-16(15)19-11-13-8-14(19)9-18-13/h1-7,10,13-14,18H,8-9,11H2/t13-,14-/m0/s1. The molecule has 2 fully saturated rings. The van der Waals surface area contributed by atoms with Gasteiger partial charge in [0.15, 0.2) is 0 Å². The summed E-state index contributed by atoms with van der Waals surface area (Å²) in [7, 11) is 0. The van der Waals surface area contributed by atoms with Crippen LogP contribution >= 0.6 is 0 Å². The number of rotatable bonds is 2. The number of nitrogens with zero attached hydrogens (tertiary/aromatic N) is 2. The van der Waals surface area contributed by atoms with Gasteiger partial charge in [-0.05, 0) is 18.1 Å². The Kier molecular flexibility index (Phi) is 2.52. The van der Waals surface area contributed by atoms with Crippen LogP contribution in [0, 0.1) is 0 Å². The molecule has 2 atom stereocenters. The largest absolute Gasteiger partial charge is 0.364 e. The second kappa shape index (κ2) is 4.35. The van der Waals surface area contributed by atoms with E-state index in [-0.39, 0.29) is 0 Å². The summed E-state index contributed by atoms with van der Waals surface area (Å²) < 4.78 is 0. The molecule has 0 spiro atoms. The van der Waals surface area contributed by atoms with Crippen molar-refractivity contribution in [1.29, 1.82) is 0 Å². The smallest absolute Gasteiger partial charge is 0.0635 e. The van der Waals surface area contributed by atoms with Gasteiger partial charge in [0.25, 0.3) is 0 Å². The number of fused-ring (bicyclic) bond motifs is 2. The molecule has 1 aromatic carbocycles. The third-order valence-electron chi connectivity index (χ3n) is 4.25. The number of hydrogen-bond donors (Lipinski definition) is 1. The molecule has 96 valence electrons. The van der Waals surface area contributed by atoms with E-state index in [1.165, 1.54) is 23.2 Å². The van der Waals surface area contributed by atoms with Crippen molar-refractivity contribution in [1.82, 2.24) is 10.3 Å². The summed E-state index contributed by atoms with van der Waals surface area (Å²) >= 11 is 0. The molecule has 1 aromatic heterocycles. The molecule has 3 heteroatoms. The summed E-state index contributed by atoms with van der Waals surface area (Å²) in [5.74, 6) is 0. The van der Waals surface area contributed by atoms with Gasteiger partial charge in [0.05, 0.1) is 11.9 Å². The molecular formula is C16H17N3. The van der Waals surface area contributed by atoms with Gasteiger partial charge in [0.2, 0.25) is 0 Å². The number of aromatic nitrogens is 1. The highest BCUT2D eigenvalue weighted by Crippen LogP contribution is 2.35. The van der Waals surface area contributed by atoms with Gasteiger partial charge in [-0.3, -0.25) is 4.98 Å². The first kappa shape index (κ1) is 11.0. The Balaban J connectivity index is 1.77. The van der Waals surface area contributed by atoms with Crippen molar-refractivity contribution in [2.75, 3.05) is 18.0 Å². The molecule has 1 N–H and O–H groups in total. The minimum atomic E-state index is 0.636. The third kappa shape index (κ3) is 1.81. The first-order valence-electron chi connectivity index (χ1n) is 6.91.